The summed E-state index contributed by atoms with van der Waals surface area (Å²) in [5.41, 5.74) is 1.62. The van der Waals surface area contributed by atoms with Gasteiger partial charge in [0.05, 0.1) is 12.7 Å². The van der Waals surface area contributed by atoms with Crippen LogP contribution in [0.2, 0.25) is 0 Å². The van der Waals surface area contributed by atoms with Crippen LogP contribution >= 0.6 is 11.3 Å². The number of anilines is 1. The minimum atomic E-state index is -0.501. The quantitative estimate of drug-likeness (QED) is 0.682. The van der Waals surface area contributed by atoms with Crippen molar-refractivity contribution in [1.82, 2.24) is 0 Å². The van der Waals surface area contributed by atoms with Gasteiger partial charge < -0.3 is 14.5 Å². The lowest BCUT2D eigenvalue weighted by molar-refractivity contribution is 0.0601. The Kier molecular flexibility index (Phi) is 4.90. The minimum Gasteiger partial charge on any atom is -0.465 e. The van der Waals surface area contributed by atoms with Gasteiger partial charge in [0.2, 0.25) is 5.55 Å². The summed E-state index contributed by atoms with van der Waals surface area (Å²) in [4.78, 5) is 25.8. The molecule has 0 bridgehead atoms. The molecule has 0 saturated carbocycles. The molecule has 6 nitrogen and oxygen atoms in total. The highest BCUT2D eigenvalue weighted by Gasteiger charge is 2.24. The van der Waals surface area contributed by atoms with Crippen LogP contribution in [0.25, 0.3) is 11.0 Å². The zero-order valence-electron chi connectivity index (χ0n) is 14.6. The maximum absolute atomic E-state index is 12.7. The molecule has 0 atom stereocenters. The number of aryl methyl sites for hydroxylation is 1. The van der Waals surface area contributed by atoms with Crippen molar-refractivity contribution in [3.63, 3.8) is 0 Å². The second kappa shape index (κ2) is 7.13. The highest BCUT2D eigenvalue weighted by Crippen LogP contribution is 2.34. The number of esters is 1. The normalized spacial score (nSPS) is 10.7. The second-order valence-electron chi connectivity index (χ2n) is 5.67. The van der Waals surface area contributed by atoms with Crippen LogP contribution in [0, 0.1) is 12.3 Å². The third-order valence-electron chi connectivity index (χ3n) is 4.10. The van der Waals surface area contributed by atoms with Crippen molar-refractivity contribution in [3.05, 3.63) is 57.5 Å². The Bertz CT molecular complexity index is 1070. The molecule has 3 aromatic rings. The first-order valence-corrected chi connectivity index (χ1v) is 8.87. The van der Waals surface area contributed by atoms with Crippen molar-refractivity contribution >= 4 is 39.2 Å². The average Bonchev–Trinajstić information content (AvgIpc) is 2.95. The number of thiophene rings is 1. The fraction of sp³-hybridized carbons (Fsp3) is 0.211. The summed E-state index contributed by atoms with van der Waals surface area (Å²) in [5.74, 6) is -0.991. The molecule has 2 N–H and O–H groups in total. The third-order valence-corrected chi connectivity index (χ3v) is 5.16. The predicted molar refractivity (Wildman–Crippen MR) is 99.8 cm³/mol. The van der Waals surface area contributed by atoms with Crippen molar-refractivity contribution in [2.75, 3.05) is 12.4 Å². The summed E-state index contributed by atoms with van der Waals surface area (Å²) in [7, 11) is 1.31. The Labute approximate surface area is 153 Å². The van der Waals surface area contributed by atoms with E-state index in [4.69, 9.17) is 14.6 Å². The molecule has 0 unspecified atom stereocenters. The number of ether oxygens (including phenoxy) is 1. The van der Waals surface area contributed by atoms with Gasteiger partial charge in [-0.15, -0.1) is 11.3 Å². The third kappa shape index (κ3) is 3.13. The number of fused-ring (bicyclic) bond motifs is 1. The number of benzene rings is 1. The predicted octanol–water partition coefficient (Wildman–Crippen LogP) is 3.88. The topological polar surface area (TPSA) is 92.4 Å². The van der Waals surface area contributed by atoms with E-state index in [1.807, 2.05) is 19.9 Å². The van der Waals surface area contributed by atoms with Gasteiger partial charge in [-0.3, -0.25) is 10.2 Å². The number of carbonyl (C=O) groups excluding carboxylic acids is 2. The van der Waals surface area contributed by atoms with Crippen LogP contribution in [0.1, 0.15) is 38.1 Å². The Morgan fingerprint density at radius 1 is 1.31 bits per heavy atom. The summed E-state index contributed by atoms with van der Waals surface area (Å²) >= 11 is 1.32. The molecule has 0 aliphatic heterocycles. The molecule has 7 heteroatoms. The van der Waals surface area contributed by atoms with Gasteiger partial charge in [0.25, 0.3) is 5.91 Å². The van der Waals surface area contributed by atoms with Crippen molar-refractivity contribution in [2.24, 2.45) is 0 Å². The number of amides is 1. The Hall–Kier alpha value is -2.93. The van der Waals surface area contributed by atoms with Gasteiger partial charge in [0.15, 0.2) is 0 Å². The van der Waals surface area contributed by atoms with Gasteiger partial charge in [-0.2, -0.15) is 0 Å². The van der Waals surface area contributed by atoms with Crippen molar-refractivity contribution in [3.8, 4) is 0 Å². The van der Waals surface area contributed by atoms with Gasteiger partial charge in [0.1, 0.15) is 16.1 Å². The fourth-order valence-corrected chi connectivity index (χ4v) is 3.96. The van der Waals surface area contributed by atoms with Gasteiger partial charge >= 0.3 is 5.97 Å². The average molecular weight is 370 g/mol. The zero-order valence-corrected chi connectivity index (χ0v) is 15.5. The molecule has 0 aliphatic rings. The summed E-state index contributed by atoms with van der Waals surface area (Å²) in [5, 5.41) is 11.9. The molecule has 2 aromatic heterocycles. The molecule has 0 fully saturated rings. The highest BCUT2D eigenvalue weighted by molar-refractivity contribution is 7.16. The number of methoxy groups -OCH3 is 1. The lowest BCUT2D eigenvalue weighted by Crippen LogP contribution is -2.21. The summed E-state index contributed by atoms with van der Waals surface area (Å²) < 4.78 is 10.3. The molecule has 1 amide bonds. The van der Waals surface area contributed by atoms with Crippen molar-refractivity contribution in [1.29, 1.82) is 5.41 Å². The number of rotatable bonds is 4. The molecule has 134 valence electrons. The lowest BCUT2D eigenvalue weighted by atomic mass is 10.1. The summed E-state index contributed by atoms with van der Waals surface area (Å²) in [6.07, 6.45) is 0.650. The Morgan fingerprint density at radius 2 is 2.04 bits per heavy atom. The number of para-hydroxylation sites is 1. The lowest BCUT2D eigenvalue weighted by Gasteiger charge is -2.07. The number of hydrogen-bond acceptors (Lipinski definition) is 6. The smallest absolute Gasteiger partial charge is 0.341 e. The molecular formula is C19H18N2O4S. The molecular weight excluding hydrogens is 352 g/mol. The fourth-order valence-electron chi connectivity index (χ4n) is 2.83. The standard InChI is InChI=1S/C19H18N2O4S/c1-4-12-10(2)26-18(15(12)19(23)24-3)21-17(22)13-9-11-7-5-6-8-14(11)25-16(13)20/h5-9,20H,4H2,1-3H3,(H,21,22). The Morgan fingerprint density at radius 3 is 2.73 bits per heavy atom. The van der Waals surface area contributed by atoms with Crippen LogP contribution in [0.5, 0.6) is 0 Å². The van der Waals surface area contributed by atoms with E-state index in [2.05, 4.69) is 5.32 Å². The largest absolute Gasteiger partial charge is 0.465 e. The van der Waals surface area contributed by atoms with Crippen LogP contribution in [0.15, 0.2) is 34.7 Å². The van der Waals surface area contributed by atoms with E-state index in [0.717, 1.165) is 15.8 Å². The Balaban J connectivity index is 2.02. The van der Waals surface area contributed by atoms with Crippen LogP contribution in [0.3, 0.4) is 0 Å². The van der Waals surface area contributed by atoms with E-state index >= 15 is 0 Å². The van der Waals surface area contributed by atoms with E-state index < -0.39 is 11.9 Å². The zero-order chi connectivity index (χ0) is 18.8. The number of carbonyl (C=O) groups is 2. The molecule has 0 aliphatic carbocycles. The van der Waals surface area contributed by atoms with E-state index in [0.29, 0.717) is 22.6 Å². The van der Waals surface area contributed by atoms with Crippen molar-refractivity contribution in [2.45, 2.75) is 20.3 Å². The van der Waals surface area contributed by atoms with Gasteiger partial charge in [-0.05, 0) is 31.0 Å². The molecule has 3 rings (SSSR count). The number of nitrogens with one attached hydrogen (secondary N) is 2. The minimum absolute atomic E-state index is 0.101. The van der Waals surface area contributed by atoms with E-state index in [9.17, 15) is 9.59 Å². The second-order valence-corrected chi connectivity index (χ2v) is 6.89. The first-order chi connectivity index (χ1) is 12.5. The molecule has 2 heterocycles. The van der Waals surface area contributed by atoms with Gasteiger partial charge in [-0.1, -0.05) is 25.1 Å². The first-order valence-electron chi connectivity index (χ1n) is 8.05. The van der Waals surface area contributed by atoms with Crippen LogP contribution in [-0.4, -0.2) is 19.0 Å². The highest BCUT2D eigenvalue weighted by atomic mass is 32.1. The molecule has 0 saturated heterocycles. The number of hydrogen-bond donors (Lipinski definition) is 2. The molecule has 0 radical (unpaired) electrons. The van der Waals surface area contributed by atoms with Crippen molar-refractivity contribution < 1.29 is 18.7 Å². The molecule has 0 spiro atoms. The maximum atomic E-state index is 12.7. The van der Waals surface area contributed by atoms with Gasteiger partial charge in [-0.25, -0.2) is 4.79 Å². The van der Waals surface area contributed by atoms with Crippen LogP contribution in [-0.2, 0) is 11.2 Å². The van der Waals surface area contributed by atoms with Crippen LogP contribution in [0.4, 0.5) is 5.00 Å². The van der Waals surface area contributed by atoms with Crippen LogP contribution < -0.4 is 10.9 Å². The molecule has 1 aromatic carbocycles. The maximum Gasteiger partial charge on any atom is 0.341 e. The van der Waals surface area contributed by atoms with E-state index in [1.54, 1.807) is 24.3 Å². The SMILES string of the molecule is CCc1c(C)sc(NC(=O)c2cc3ccccc3oc2=N)c1C(=O)OC. The first kappa shape index (κ1) is 17.9. The van der Waals surface area contributed by atoms with E-state index in [1.165, 1.54) is 18.4 Å². The van der Waals surface area contributed by atoms with Gasteiger partial charge in [0, 0.05) is 10.3 Å². The van der Waals surface area contributed by atoms with E-state index in [-0.39, 0.29) is 11.1 Å². The monoisotopic (exact) mass is 370 g/mol. The molecule has 26 heavy (non-hydrogen) atoms. The summed E-state index contributed by atoms with van der Waals surface area (Å²) in [6, 6.07) is 8.78. The summed E-state index contributed by atoms with van der Waals surface area (Å²) in [6.45, 7) is 3.84.